The Morgan fingerprint density at radius 2 is 2.11 bits per heavy atom. The van der Waals surface area contributed by atoms with Crippen molar-refractivity contribution in [3.8, 4) is 11.5 Å². The van der Waals surface area contributed by atoms with Gasteiger partial charge in [-0.15, -0.1) is 0 Å². The lowest BCUT2D eigenvalue weighted by Gasteiger charge is -2.11. The summed E-state index contributed by atoms with van der Waals surface area (Å²) in [7, 11) is 1.57. The van der Waals surface area contributed by atoms with Crippen molar-refractivity contribution in [2.24, 2.45) is 0 Å². The van der Waals surface area contributed by atoms with E-state index in [9.17, 15) is 9.59 Å². The van der Waals surface area contributed by atoms with Crippen LogP contribution < -0.4 is 14.8 Å². The summed E-state index contributed by atoms with van der Waals surface area (Å²) in [6.45, 7) is 3.01. The first-order valence-electron chi connectivity index (χ1n) is 5.73. The Labute approximate surface area is 111 Å². The van der Waals surface area contributed by atoms with E-state index in [0.717, 1.165) is 11.3 Å². The Morgan fingerprint density at radius 3 is 2.63 bits per heavy atom. The minimum atomic E-state index is -1.09. The van der Waals surface area contributed by atoms with Gasteiger partial charge in [0.15, 0.2) is 6.61 Å². The second-order valence-electron chi connectivity index (χ2n) is 4.05. The quantitative estimate of drug-likeness (QED) is 0.802. The van der Waals surface area contributed by atoms with Crippen molar-refractivity contribution < 1.29 is 24.2 Å². The van der Waals surface area contributed by atoms with Crippen LogP contribution in [0.15, 0.2) is 18.2 Å². The summed E-state index contributed by atoms with van der Waals surface area (Å²) >= 11 is 0. The van der Waals surface area contributed by atoms with Gasteiger partial charge in [-0.1, -0.05) is 0 Å². The summed E-state index contributed by atoms with van der Waals surface area (Å²) in [5, 5.41) is 10.9. The molecule has 0 aliphatic heterocycles. The van der Waals surface area contributed by atoms with Gasteiger partial charge in [-0.05, 0) is 37.6 Å². The number of ether oxygens (including phenoxy) is 2. The second-order valence-corrected chi connectivity index (χ2v) is 4.05. The molecular weight excluding hydrogens is 250 g/mol. The number of carbonyl (C=O) groups excluding carboxylic acids is 1. The molecule has 0 saturated heterocycles. The minimum absolute atomic E-state index is 0.233. The van der Waals surface area contributed by atoms with Crippen molar-refractivity contribution in [1.29, 1.82) is 0 Å². The second kappa shape index (κ2) is 6.63. The van der Waals surface area contributed by atoms with E-state index in [1.807, 2.05) is 6.92 Å². The third kappa shape index (κ3) is 4.50. The Balaban J connectivity index is 2.50. The van der Waals surface area contributed by atoms with E-state index in [1.165, 1.54) is 6.92 Å². The molecule has 0 fully saturated rings. The van der Waals surface area contributed by atoms with Gasteiger partial charge in [-0.2, -0.15) is 0 Å². The first-order chi connectivity index (χ1) is 8.93. The van der Waals surface area contributed by atoms with Gasteiger partial charge < -0.3 is 19.9 Å². The summed E-state index contributed by atoms with van der Waals surface area (Å²) in [6, 6.07) is 4.23. The Hall–Kier alpha value is -2.24. The van der Waals surface area contributed by atoms with Gasteiger partial charge in [-0.3, -0.25) is 9.59 Å². The predicted octanol–water partition coefficient (Wildman–Crippen LogP) is 0.972. The summed E-state index contributed by atoms with van der Waals surface area (Å²) < 4.78 is 10.4. The number of hydrogen-bond acceptors (Lipinski definition) is 4. The zero-order chi connectivity index (χ0) is 14.4. The SMILES string of the molecule is COc1ccc(OCC(=O)NC(C)C(=O)O)cc1C. The Morgan fingerprint density at radius 1 is 1.42 bits per heavy atom. The van der Waals surface area contributed by atoms with E-state index in [4.69, 9.17) is 14.6 Å². The average molecular weight is 267 g/mol. The van der Waals surface area contributed by atoms with Gasteiger partial charge in [0, 0.05) is 0 Å². The van der Waals surface area contributed by atoms with Crippen molar-refractivity contribution >= 4 is 11.9 Å². The summed E-state index contributed by atoms with van der Waals surface area (Å²) in [5.41, 5.74) is 0.888. The van der Waals surface area contributed by atoms with E-state index >= 15 is 0 Å². The van der Waals surface area contributed by atoms with Crippen molar-refractivity contribution in [3.63, 3.8) is 0 Å². The van der Waals surface area contributed by atoms with Crippen LogP contribution in [0.25, 0.3) is 0 Å². The molecule has 1 unspecified atom stereocenters. The molecule has 0 spiro atoms. The van der Waals surface area contributed by atoms with Crippen LogP contribution in [-0.2, 0) is 9.59 Å². The fraction of sp³-hybridized carbons (Fsp3) is 0.385. The zero-order valence-electron chi connectivity index (χ0n) is 11.1. The van der Waals surface area contributed by atoms with E-state index in [-0.39, 0.29) is 6.61 Å². The average Bonchev–Trinajstić information content (AvgIpc) is 2.36. The molecule has 0 aromatic heterocycles. The van der Waals surface area contributed by atoms with Gasteiger partial charge in [-0.25, -0.2) is 0 Å². The maximum absolute atomic E-state index is 11.4. The van der Waals surface area contributed by atoms with Crippen molar-refractivity contribution in [1.82, 2.24) is 5.32 Å². The van der Waals surface area contributed by atoms with Crippen molar-refractivity contribution in [2.75, 3.05) is 13.7 Å². The van der Waals surface area contributed by atoms with Gasteiger partial charge in [0.05, 0.1) is 7.11 Å². The third-order valence-corrected chi connectivity index (χ3v) is 2.48. The predicted molar refractivity (Wildman–Crippen MR) is 68.5 cm³/mol. The number of carbonyl (C=O) groups is 2. The van der Waals surface area contributed by atoms with E-state index in [2.05, 4.69) is 5.32 Å². The fourth-order valence-electron chi connectivity index (χ4n) is 1.43. The number of aryl methyl sites for hydroxylation is 1. The number of amides is 1. The first-order valence-corrected chi connectivity index (χ1v) is 5.73. The van der Waals surface area contributed by atoms with Crippen molar-refractivity contribution in [3.05, 3.63) is 23.8 Å². The topological polar surface area (TPSA) is 84.9 Å². The molecular formula is C13H17NO5. The number of carboxylic acids is 1. The minimum Gasteiger partial charge on any atom is -0.496 e. The molecule has 1 rings (SSSR count). The molecule has 0 aliphatic carbocycles. The molecule has 1 amide bonds. The molecule has 104 valence electrons. The molecule has 1 aromatic rings. The number of aliphatic carboxylic acids is 1. The molecule has 6 heteroatoms. The van der Waals surface area contributed by atoms with Crippen LogP contribution in [0, 0.1) is 6.92 Å². The molecule has 1 aromatic carbocycles. The molecule has 0 bridgehead atoms. The highest BCUT2D eigenvalue weighted by Gasteiger charge is 2.14. The summed E-state index contributed by atoms with van der Waals surface area (Å²) in [4.78, 5) is 22.0. The first kappa shape index (κ1) is 14.8. The van der Waals surface area contributed by atoms with Gasteiger partial charge in [0.1, 0.15) is 17.5 Å². The molecule has 2 N–H and O–H groups in total. The van der Waals surface area contributed by atoms with E-state index < -0.39 is 17.9 Å². The lowest BCUT2D eigenvalue weighted by atomic mass is 10.2. The Kier molecular flexibility index (Phi) is 5.17. The largest absolute Gasteiger partial charge is 0.496 e. The number of methoxy groups -OCH3 is 1. The third-order valence-electron chi connectivity index (χ3n) is 2.48. The van der Waals surface area contributed by atoms with Crippen LogP contribution in [0.1, 0.15) is 12.5 Å². The van der Waals surface area contributed by atoms with E-state index in [0.29, 0.717) is 5.75 Å². The highest BCUT2D eigenvalue weighted by atomic mass is 16.5. The van der Waals surface area contributed by atoms with Crippen LogP contribution in [0.4, 0.5) is 0 Å². The highest BCUT2D eigenvalue weighted by molar-refractivity contribution is 5.84. The smallest absolute Gasteiger partial charge is 0.325 e. The van der Waals surface area contributed by atoms with Gasteiger partial charge >= 0.3 is 5.97 Å². The standard InChI is InChI=1S/C13H17NO5/c1-8-6-10(4-5-11(8)18-3)19-7-12(15)14-9(2)13(16)17/h4-6,9H,7H2,1-3H3,(H,14,15)(H,16,17). The fourth-order valence-corrected chi connectivity index (χ4v) is 1.43. The molecule has 0 heterocycles. The lowest BCUT2D eigenvalue weighted by Crippen LogP contribution is -2.40. The normalized spacial score (nSPS) is 11.5. The maximum Gasteiger partial charge on any atom is 0.325 e. The number of rotatable bonds is 6. The molecule has 6 nitrogen and oxygen atoms in total. The van der Waals surface area contributed by atoms with Crippen LogP contribution in [-0.4, -0.2) is 36.7 Å². The van der Waals surface area contributed by atoms with Gasteiger partial charge in [0.25, 0.3) is 5.91 Å². The monoisotopic (exact) mass is 267 g/mol. The molecule has 0 radical (unpaired) electrons. The number of benzene rings is 1. The molecule has 1 atom stereocenters. The lowest BCUT2D eigenvalue weighted by molar-refractivity contribution is -0.141. The number of carboxylic acid groups (broad SMARTS) is 1. The zero-order valence-corrected chi connectivity index (χ0v) is 11.1. The molecule has 0 saturated carbocycles. The molecule has 0 aliphatic rings. The van der Waals surface area contributed by atoms with Crippen LogP contribution in [0.5, 0.6) is 11.5 Å². The van der Waals surface area contributed by atoms with E-state index in [1.54, 1.807) is 25.3 Å². The van der Waals surface area contributed by atoms with Crippen LogP contribution >= 0.6 is 0 Å². The number of nitrogens with one attached hydrogen (secondary N) is 1. The summed E-state index contributed by atoms with van der Waals surface area (Å²) in [5.74, 6) is -0.315. The number of hydrogen-bond donors (Lipinski definition) is 2. The Bertz CT molecular complexity index is 472. The van der Waals surface area contributed by atoms with Crippen LogP contribution in [0.2, 0.25) is 0 Å². The van der Waals surface area contributed by atoms with Crippen LogP contribution in [0.3, 0.4) is 0 Å². The molecule has 19 heavy (non-hydrogen) atoms. The summed E-state index contributed by atoms with van der Waals surface area (Å²) in [6.07, 6.45) is 0. The van der Waals surface area contributed by atoms with Crippen molar-refractivity contribution in [2.45, 2.75) is 19.9 Å². The maximum atomic E-state index is 11.4. The van der Waals surface area contributed by atoms with Gasteiger partial charge in [0.2, 0.25) is 0 Å². The highest BCUT2D eigenvalue weighted by Crippen LogP contribution is 2.22.